The van der Waals surface area contributed by atoms with Crippen molar-refractivity contribution in [2.75, 3.05) is 5.73 Å². The zero-order valence-corrected chi connectivity index (χ0v) is 8.71. The van der Waals surface area contributed by atoms with Gasteiger partial charge in [-0.3, -0.25) is 10.1 Å². The lowest BCUT2D eigenvalue weighted by Gasteiger charge is -1.96. The number of hydrogen-bond acceptors (Lipinski definition) is 4. The summed E-state index contributed by atoms with van der Waals surface area (Å²) >= 11 is 0. The number of nitro groups is 1. The molecule has 0 bridgehead atoms. The van der Waals surface area contributed by atoms with Crippen LogP contribution in [0.4, 0.5) is 11.4 Å². The lowest BCUT2D eigenvalue weighted by atomic mass is 10.1. The number of nitrogen functional groups attached to an aromatic ring is 1. The van der Waals surface area contributed by atoms with E-state index in [1.165, 1.54) is 12.1 Å². The number of hydrogen-bond donors (Lipinski definition) is 1. The molecule has 1 heterocycles. The zero-order valence-electron chi connectivity index (χ0n) is 8.71. The Bertz CT molecular complexity index is 746. The van der Waals surface area contributed by atoms with Crippen molar-refractivity contribution in [2.45, 2.75) is 0 Å². The molecule has 0 radical (unpaired) electrons. The van der Waals surface area contributed by atoms with E-state index in [1.807, 2.05) is 24.3 Å². The molecule has 0 unspecified atom stereocenters. The van der Waals surface area contributed by atoms with Gasteiger partial charge in [-0.05, 0) is 6.07 Å². The summed E-state index contributed by atoms with van der Waals surface area (Å²) in [6, 6.07) is 10.3. The quantitative estimate of drug-likeness (QED) is 0.394. The first-order chi connectivity index (χ1) is 8.16. The van der Waals surface area contributed by atoms with E-state index in [4.69, 9.17) is 10.2 Å². The molecule has 0 aliphatic carbocycles. The first-order valence-electron chi connectivity index (χ1n) is 5.02. The molecule has 0 aliphatic rings. The van der Waals surface area contributed by atoms with Gasteiger partial charge < -0.3 is 10.2 Å². The number of rotatable bonds is 1. The molecule has 17 heavy (non-hydrogen) atoms. The first-order valence-corrected chi connectivity index (χ1v) is 5.02. The highest BCUT2D eigenvalue weighted by molar-refractivity contribution is 6.06. The molecule has 3 rings (SSSR count). The average molecular weight is 228 g/mol. The predicted octanol–water partition coefficient (Wildman–Crippen LogP) is 3.08. The van der Waals surface area contributed by atoms with Crippen LogP contribution in [0.15, 0.2) is 40.8 Å². The monoisotopic (exact) mass is 228 g/mol. The van der Waals surface area contributed by atoms with Gasteiger partial charge in [0.25, 0.3) is 5.69 Å². The van der Waals surface area contributed by atoms with Crippen LogP contribution in [0.5, 0.6) is 0 Å². The smallest absolute Gasteiger partial charge is 0.293 e. The van der Waals surface area contributed by atoms with Gasteiger partial charge in [-0.1, -0.05) is 18.2 Å². The molecule has 5 nitrogen and oxygen atoms in total. The molecule has 0 aliphatic heterocycles. The number of furan rings is 1. The molecule has 2 N–H and O–H groups in total. The summed E-state index contributed by atoms with van der Waals surface area (Å²) in [6.07, 6.45) is 0. The third-order valence-corrected chi connectivity index (χ3v) is 2.72. The van der Waals surface area contributed by atoms with Crippen LogP contribution in [0.1, 0.15) is 0 Å². The molecule has 0 spiro atoms. The Labute approximate surface area is 95.6 Å². The number of nitrogens with two attached hydrogens (primary N) is 1. The normalized spacial score (nSPS) is 11.1. The van der Waals surface area contributed by atoms with Gasteiger partial charge in [-0.15, -0.1) is 0 Å². The highest BCUT2D eigenvalue weighted by Crippen LogP contribution is 2.34. The van der Waals surface area contributed by atoms with Crippen molar-refractivity contribution >= 4 is 33.3 Å². The number of benzene rings is 2. The van der Waals surface area contributed by atoms with E-state index in [1.54, 1.807) is 0 Å². The Kier molecular flexibility index (Phi) is 1.82. The summed E-state index contributed by atoms with van der Waals surface area (Å²) in [7, 11) is 0. The summed E-state index contributed by atoms with van der Waals surface area (Å²) in [4.78, 5) is 10.3. The fourth-order valence-electron chi connectivity index (χ4n) is 1.93. The molecule has 3 aromatic rings. The van der Waals surface area contributed by atoms with E-state index < -0.39 is 4.92 Å². The van der Waals surface area contributed by atoms with Crippen LogP contribution in [0.25, 0.3) is 21.9 Å². The van der Waals surface area contributed by atoms with Crippen molar-refractivity contribution in [3.8, 4) is 0 Å². The maximum atomic E-state index is 10.8. The fraction of sp³-hybridized carbons (Fsp3) is 0. The topological polar surface area (TPSA) is 82.3 Å². The van der Waals surface area contributed by atoms with E-state index in [-0.39, 0.29) is 11.4 Å². The SMILES string of the molecule is Nc1cc2oc3ccccc3c2cc1[N+](=O)[O-]. The Balaban J connectivity index is 2.47. The molecule has 0 saturated heterocycles. The van der Waals surface area contributed by atoms with Gasteiger partial charge in [-0.2, -0.15) is 0 Å². The van der Waals surface area contributed by atoms with E-state index in [2.05, 4.69) is 0 Å². The molecule has 84 valence electrons. The molecule has 0 fully saturated rings. The lowest BCUT2D eigenvalue weighted by molar-refractivity contribution is -0.383. The standard InChI is InChI=1S/C12H8N2O3/c13-9-6-12-8(5-10(9)14(15)16)7-3-1-2-4-11(7)17-12/h1-6H,13H2. The highest BCUT2D eigenvalue weighted by atomic mass is 16.6. The summed E-state index contributed by atoms with van der Waals surface area (Å²) < 4.78 is 5.57. The second-order valence-corrected chi connectivity index (χ2v) is 3.76. The maximum Gasteiger partial charge on any atom is 0.293 e. The summed E-state index contributed by atoms with van der Waals surface area (Å²) in [5.41, 5.74) is 6.89. The van der Waals surface area contributed by atoms with E-state index in [0.717, 1.165) is 5.39 Å². The fourth-order valence-corrected chi connectivity index (χ4v) is 1.93. The Morgan fingerprint density at radius 1 is 1.12 bits per heavy atom. The van der Waals surface area contributed by atoms with Crippen molar-refractivity contribution in [3.63, 3.8) is 0 Å². The number of anilines is 1. The number of nitro benzene ring substituents is 1. The van der Waals surface area contributed by atoms with Crippen molar-refractivity contribution < 1.29 is 9.34 Å². The van der Waals surface area contributed by atoms with Crippen molar-refractivity contribution in [2.24, 2.45) is 0 Å². The Morgan fingerprint density at radius 3 is 2.65 bits per heavy atom. The van der Waals surface area contributed by atoms with Gasteiger partial charge in [0.15, 0.2) is 0 Å². The number of nitrogens with zero attached hydrogens (tertiary/aromatic N) is 1. The van der Waals surface area contributed by atoms with Gasteiger partial charge in [0.1, 0.15) is 16.9 Å². The van der Waals surface area contributed by atoms with Crippen LogP contribution in [-0.2, 0) is 0 Å². The third kappa shape index (κ3) is 1.32. The van der Waals surface area contributed by atoms with Crippen molar-refractivity contribution in [1.82, 2.24) is 0 Å². The summed E-state index contributed by atoms with van der Waals surface area (Å²) in [5.74, 6) is 0. The predicted molar refractivity (Wildman–Crippen MR) is 64.8 cm³/mol. The number of para-hydroxylation sites is 1. The van der Waals surface area contributed by atoms with Crippen molar-refractivity contribution in [3.05, 3.63) is 46.5 Å². The van der Waals surface area contributed by atoms with Crippen LogP contribution < -0.4 is 5.73 Å². The second kappa shape index (κ2) is 3.21. The van der Waals surface area contributed by atoms with Gasteiger partial charge in [0.05, 0.1) is 4.92 Å². The van der Waals surface area contributed by atoms with Gasteiger partial charge in [-0.25, -0.2) is 0 Å². The Morgan fingerprint density at radius 2 is 1.88 bits per heavy atom. The highest BCUT2D eigenvalue weighted by Gasteiger charge is 2.16. The minimum atomic E-state index is -0.490. The van der Waals surface area contributed by atoms with Gasteiger partial charge >= 0.3 is 0 Å². The molecule has 0 atom stereocenters. The van der Waals surface area contributed by atoms with E-state index in [0.29, 0.717) is 16.6 Å². The van der Waals surface area contributed by atoms with E-state index in [9.17, 15) is 10.1 Å². The van der Waals surface area contributed by atoms with Crippen LogP contribution in [0.3, 0.4) is 0 Å². The third-order valence-electron chi connectivity index (χ3n) is 2.72. The summed E-state index contributed by atoms with van der Waals surface area (Å²) in [5, 5.41) is 12.4. The molecule has 5 heteroatoms. The average Bonchev–Trinajstić information content (AvgIpc) is 2.64. The van der Waals surface area contributed by atoms with Crippen LogP contribution in [0.2, 0.25) is 0 Å². The minimum absolute atomic E-state index is 0.0935. The molecule has 0 amide bonds. The van der Waals surface area contributed by atoms with Crippen molar-refractivity contribution in [1.29, 1.82) is 0 Å². The van der Waals surface area contributed by atoms with Gasteiger partial charge in [0.2, 0.25) is 0 Å². The molecule has 2 aromatic carbocycles. The molecular formula is C12H8N2O3. The largest absolute Gasteiger partial charge is 0.456 e. The van der Waals surface area contributed by atoms with Crippen LogP contribution in [-0.4, -0.2) is 4.92 Å². The minimum Gasteiger partial charge on any atom is -0.456 e. The zero-order chi connectivity index (χ0) is 12.0. The van der Waals surface area contributed by atoms with E-state index >= 15 is 0 Å². The van der Waals surface area contributed by atoms with Crippen LogP contribution >= 0.6 is 0 Å². The maximum absolute atomic E-state index is 10.8. The molecule has 1 aromatic heterocycles. The Hall–Kier alpha value is -2.56. The van der Waals surface area contributed by atoms with Crippen LogP contribution in [0, 0.1) is 10.1 Å². The first kappa shape index (κ1) is 9.65. The second-order valence-electron chi connectivity index (χ2n) is 3.76. The number of fused-ring (bicyclic) bond motifs is 3. The molecule has 0 saturated carbocycles. The molecular weight excluding hydrogens is 220 g/mol. The lowest BCUT2D eigenvalue weighted by Crippen LogP contribution is -1.94. The van der Waals surface area contributed by atoms with Gasteiger partial charge in [0, 0.05) is 22.9 Å². The summed E-state index contributed by atoms with van der Waals surface area (Å²) in [6.45, 7) is 0.